The standard InChI is InChI=1S/C13H19NO3S/c1-9-3-4-12(17-9)10(2)14-5-6-18-8-11(14)7-13(15)16/h3-4,10-11H,5-8H2,1-2H3,(H,15,16). The molecule has 1 aliphatic heterocycles. The molecule has 1 aromatic rings. The molecular weight excluding hydrogens is 250 g/mol. The minimum Gasteiger partial charge on any atom is -0.481 e. The Morgan fingerprint density at radius 3 is 3.06 bits per heavy atom. The molecule has 5 heteroatoms. The fraction of sp³-hybridized carbons (Fsp3) is 0.615. The number of furan rings is 1. The van der Waals surface area contributed by atoms with Gasteiger partial charge in [-0.15, -0.1) is 0 Å². The van der Waals surface area contributed by atoms with Crippen LogP contribution in [0.25, 0.3) is 0 Å². The molecule has 2 unspecified atom stereocenters. The highest BCUT2D eigenvalue weighted by Crippen LogP contribution is 2.29. The lowest BCUT2D eigenvalue weighted by Crippen LogP contribution is -2.44. The summed E-state index contributed by atoms with van der Waals surface area (Å²) in [6.07, 6.45) is 0.205. The van der Waals surface area contributed by atoms with Gasteiger partial charge in [0, 0.05) is 24.1 Å². The number of rotatable bonds is 4. The van der Waals surface area contributed by atoms with Crippen molar-refractivity contribution in [1.82, 2.24) is 4.90 Å². The summed E-state index contributed by atoms with van der Waals surface area (Å²) in [4.78, 5) is 13.2. The molecule has 2 atom stereocenters. The number of carboxylic acid groups (broad SMARTS) is 1. The number of thioether (sulfide) groups is 1. The third-order valence-corrected chi connectivity index (χ3v) is 4.45. The molecule has 1 aromatic heterocycles. The van der Waals surface area contributed by atoms with Gasteiger partial charge in [-0.25, -0.2) is 0 Å². The Morgan fingerprint density at radius 1 is 1.67 bits per heavy atom. The Morgan fingerprint density at radius 2 is 2.44 bits per heavy atom. The molecule has 0 radical (unpaired) electrons. The minimum atomic E-state index is -0.727. The van der Waals surface area contributed by atoms with Crippen LogP contribution in [-0.4, -0.2) is 40.1 Å². The predicted molar refractivity (Wildman–Crippen MR) is 71.9 cm³/mol. The van der Waals surface area contributed by atoms with Crippen LogP contribution in [0.1, 0.15) is 30.9 Å². The first-order valence-electron chi connectivity index (χ1n) is 6.19. The zero-order chi connectivity index (χ0) is 13.1. The predicted octanol–water partition coefficient (Wildman–Crippen LogP) is 2.54. The number of aliphatic carboxylic acids is 1. The number of aryl methyl sites for hydroxylation is 1. The van der Waals surface area contributed by atoms with Gasteiger partial charge in [0.15, 0.2) is 0 Å². The first-order valence-corrected chi connectivity index (χ1v) is 7.35. The van der Waals surface area contributed by atoms with Gasteiger partial charge in [0.1, 0.15) is 11.5 Å². The minimum absolute atomic E-state index is 0.0988. The zero-order valence-electron chi connectivity index (χ0n) is 10.8. The van der Waals surface area contributed by atoms with Gasteiger partial charge in [-0.2, -0.15) is 11.8 Å². The van der Waals surface area contributed by atoms with E-state index in [-0.39, 0.29) is 18.5 Å². The third kappa shape index (κ3) is 3.09. The summed E-state index contributed by atoms with van der Waals surface area (Å²) >= 11 is 1.83. The van der Waals surface area contributed by atoms with Crippen molar-refractivity contribution in [2.24, 2.45) is 0 Å². The fourth-order valence-electron chi connectivity index (χ4n) is 2.40. The van der Waals surface area contributed by atoms with Gasteiger partial charge in [0.25, 0.3) is 0 Å². The van der Waals surface area contributed by atoms with Crippen molar-refractivity contribution in [3.05, 3.63) is 23.7 Å². The molecule has 0 bridgehead atoms. The summed E-state index contributed by atoms with van der Waals surface area (Å²) < 4.78 is 5.66. The molecule has 0 aliphatic carbocycles. The monoisotopic (exact) mass is 269 g/mol. The van der Waals surface area contributed by atoms with Crippen LogP contribution in [0.4, 0.5) is 0 Å². The lowest BCUT2D eigenvalue weighted by Gasteiger charge is -2.38. The second-order valence-corrected chi connectivity index (χ2v) is 5.84. The quantitative estimate of drug-likeness (QED) is 0.910. The summed E-state index contributed by atoms with van der Waals surface area (Å²) in [6, 6.07) is 4.18. The Bertz CT molecular complexity index is 418. The Balaban J connectivity index is 2.10. The molecule has 0 saturated carbocycles. The van der Waals surface area contributed by atoms with Crippen molar-refractivity contribution in [3.63, 3.8) is 0 Å². The van der Waals surface area contributed by atoms with Crippen molar-refractivity contribution in [2.45, 2.75) is 32.4 Å². The molecule has 2 heterocycles. The van der Waals surface area contributed by atoms with Crippen LogP contribution in [0, 0.1) is 6.92 Å². The van der Waals surface area contributed by atoms with Gasteiger partial charge in [-0.3, -0.25) is 9.69 Å². The molecule has 1 fully saturated rings. The SMILES string of the molecule is Cc1ccc(C(C)N2CCSCC2CC(=O)O)o1. The van der Waals surface area contributed by atoms with E-state index in [0.29, 0.717) is 0 Å². The Labute approximate surface area is 111 Å². The van der Waals surface area contributed by atoms with E-state index < -0.39 is 5.97 Å². The van der Waals surface area contributed by atoms with Gasteiger partial charge in [0.05, 0.1) is 12.5 Å². The maximum absolute atomic E-state index is 10.9. The van der Waals surface area contributed by atoms with Crippen molar-refractivity contribution in [1.29, 1.82) is 0 Å². The number of carboxylic acids is 1. The summed E-state index contributed by atoms with van der Waals surface area (Å²) in [5, 5.41) is 8.98. The van der Waals surface area contributed by atoms with E-state index in [4.69, 9.17) is 9.52 Å². The number of carbonyl (C=O) groups is 1. The van der Waals surface area contributed by atoms with Crippen LogP contribution in [0.3, 0.4) is 0 Å². The van der Waals surface area contributed by atoms with E-state index in [1.54, 1.807) is 0 Å². The topological polar surface area (TPSA) is 53.7 Å². The van der Waals surface area contributed by atoms with Crippen LogP contribution in [0.5, 0.6) is 0 Å². The maximum Gasteiger partial charge on any atom is 0.304 e. The molecular formula is C13H19NO3S. The molecule has 0 spiro atoms. The Kier molecular flexibility index (Phi) is 4.35. The summed E-state index contributed by atoms with van der Waals surface area (Å²) in [5.41, 5.74) is 0. The Hall–Kier alpha value is -0.940. The second kappa shape index (κ2) is 5.80. The third-order valence-electron chi connectivity index (χ3n) is 3.35. The first-order chi connectivity index (χ1) is 8.58. The van der Waals surface area contributed by atoms with E-state index in [1.165, 1.54) is 0 Å². The summed E-state index contributed by atoms with van der Waals surface area (Å²) in [5.74, 6) is 3.04. The van der Waals surface area contributed by atoms with E-state index in [2.05, 4.69) is 11.8 Å². The molecule has 1 N–H and O–H groups in total. The van der Waals surface area contributed by atoms with Crippen LogP contribution in [0.15, 0.2) is 16.5 Å². The first kappa shape index (κ1) is 13.5. The largest absolute Gasteiger partial charge is 0.481 e. The van der Waals surface area contributed by atoms with E-state index in [1.807, 2.05) is 30.8 Å². The van der Waals surface area contributed by atoms with Gasteiger partial charge in [-0.1, -0.05) is 0 Å². The number of nitrogens with zero attached hydrogens (tertiary/aromatic N) is 1. The molecule has 2 rings (SSSR count). The summed E-state index contributed by atoms with van der Waals surface area (Å²) in [6.45, 7) is 4.93. The average Bonchev–Trinajstić information content (AvgIpc) is 2.75. The van der Waals surface area contributed by atoms with E-state index in [0.717, 1.165) is 29.6 Å². The van der Waals surface area contributed by atoms with Gasteiger partial charge in [0.2, 0.25) is 0 Å². The van der Waals surface area contributed by atoms with E-state index >= 15 is 0 Å². The smallest absolute Gasteiger partial charge is 0.304 e. The van der Waals surface area contributed by atoms with Crippen LogP contribution >= 0.6 is 11.8 Å². The molecule has 0 aromatic carbocycles. The van der Waals surface area contributed by atoms with Crippen molar-refractivity contribution in [3.8, 4) is 0 Å². The lowest BCUT2D eigenvalue weighted by molar-refractivity contribution is -0.138. The highest BCUT2D eigenvalue weighted by Gasteiger charge is 2.30. The molecule has 0 amide bonds. The number of hydrogen-bond acceptors (Lipinski definition) is 4. The van der Waals surface area contributed by atoms with Crippen molar-refractivity contribution >= 4 is 17.7 Å². The highest BCUT2D eigenvalue weighted by atomic mass is 32.2. The lowest BCUT2D eigenvalue weighted by atomic mass is 10.1. The van der Waals surface area contributed by atoms with Crippen molar-refractivity contribution in [2.75, 3.05) is 18.1 Å². The maximum atomic E-state index is 10.9. The normalized spacial score (nSPS) is 22.9. The fourth-order valence-corrected chi connectivity index (χ4v) is 3.48. The van der Waals surface area contributed by atoms with Gasteiger partial charge < -0.3 is 9.52 Å². The van der Waals surface area contributed by atoms with Gasteiger partial charge >= 0.3 is 5.97 Å². The van der Waals surface area contributed by atoms with Crippen LogP contribution < -0.4 is 0 Å². The molecule has 100 valence electrons. The highest BCUT2D eigenvalue weighted by molar-refractivity contribution is 7.99. The van der Waals surface area contributed by atoms with E-state index in [9.17, 15) is 4.79 Å². The number of hydrogen-bond donors (Lipinski definition) is 1. The summed E-state index contributed by atoms with van der Waals surface area (Å²) in [7, 11) is 0. The van der Waals surface area contributed by atoms with Crippen LogP contribution in [0.2, 0.25) is 0 Å². The van der Waals surface area contributed by atoms with Gasteiger partial charge in [-0.05, 0) is 26.0 Å². The average molecular weight is 269 g/mol. The molecule has 18 heavy (non-hydrogen) atoms. The van der Waals surface area contributed by atoms with Crippen LogP contribution in [-0.2, 0) is 4.79 Å². The zero-order valence-corrected chi connectivity index (χ0v) is 11.6. The van der Waals surface area contributed by atoms with Crippen molar-refractivity contribution < 1.29 is 14.3 Å². The second-order valence-electron chi connectivity index (χ2n) is 4.69. The molecule has 1 saturated heterocycles. The molecule has 1 aliphatic rings. The molecule has 4 nitrogen and oxygen atoms in total.